The maximum Gasteiger partial charge on any atom is 0.261 e. The van der Waals surface area contributed by atoms with Crippen molar-refractivity contribution in [1.29, 1.82) is 0 Å². The van der Waals surface area contributed by atoms with Crippen LogP contribution in [0.1, 0.15) is 36.6 Å². The van der Waals surface area contributed by atoms with Gasteiger partial charge in [0, 0.05) is 11.3 Å². The van der Waals surface area contributed by atoms with Gasteiger partial charge in [0.05, 0.1) is 17.7 Å². The summed E-state index contributed by atoms with van der Waals surface area (Å²) in [7, 11) is 0. The molecule has 0 bridgehead atoms. The Kier molecular flexibility index (Phi) is 4.48. The van der Waals surface area contributed by atoms with Gasteiger partial charge in [0.2, 0.25) is 0 Å². The number of anilines is 1. The number of carbonyl (C=O) groups excluding carboxylic acids is 3. The molecule has 1 heterocycles. The molecular weight excluding hydrogens is 372 g/mol. The number of phenolic OH excluding ortho intramolecular Hbond substituents is 2. The van der Waals surface area contributed by atoms with Crippen molar-refractivity contribution in [3.05, 3.63) is 89.0 Å². The largest absolute Gasteiger partial charge is 0.504 e. The van der Waals surface area contributed by atoms with Crippen LogP contribution in [0.4, 0.5) is 5.69 Å². The summed E-state index contributed by atoms with van der Waals surface area (Å²) in [5.74, 6) is -1.88. The molecule has 4 rings (SSSR count). The zero-order valence-corrected chi connectivity index (χ0v) is 15.1. The summed E-state index contributed by atoms with van der Waals surface area (Å²) >= 11 is 0. The monoisotopic (exact) mass is 388 g/mol. The topological polar surface area (TPSA) is 107 Å². The Morgan fingerprint density at radius 3 is 2.28 bits per heavy atom. The van der Waals surface area contributed by atoms with Crippen LogP contribution >= 0.6 is 0 Å². The van der Waals surface area contributed by atoms with Crippen molar-refractivity contribution in [2.24, 2.45) is 0 Å². The van der Waals surface area contributed by atoms with E-state index in [2.05, 4.69) is 5.32 Å². The number of benzene rings is 3. The lowest BCUT2D eigenvalue weighted by atomic mass is 10.1. The highest BCUT2D eigenvalue weighted by Gasteiger charge is 2.35. The first kappa shape index (κ1) is 18.2. The van der Waals surface area contributed by atoms with Gasteiger partial charge in [0.15, 0.2) is 11.5 Å². The van der Waals surface area contributed by atoms with Crippen molar-refractivity contribution < 1.29 is 24.6 Å². The number of amides is 3. The second kappa shape index (κ2) is 7.12. The Hall–Kier alpha value is -4.13. The minimum Gasteiger partial charge on any atom is -0.504 e. The third-order valence-electron chi connectivity index (χ3n) is 4.65. The van der Waals surface area contributed by atoms with Gasteiger partial charge in [-0.25, -0.2) is 0 Å². The van der Waals surface area contributed by atoms with Crippen LogP contribution in [0.15, 0.2) is 66.7 Å². The normalized spacial score (nSPS) is 12.8. The molecule has 7 heteroatoms. The van der Waals surface area contributed by atoms with Gasteiger partial charge in [-0.05, 0) is 48.0 Å². The van der Waals surface area contributed by atoms with Crippen LogP contribution < -0.4 is 5.32 Å². The van der Waals surface area contributed by atoms with Gasteiger partial charge >= 0.3 is 0 Å². The lowest BCUT2D eigenvalue weighted by molar-refractivity contribution is 0.0641. The molecule has 3 aromatic carbocycles. The molecule has 0 unspecified atom stereocenters. The number of hydrogen-bond donors (Lipinski definition) is 3. The SMILES string of the molecule is O=C(Nc1ccc2c(c1)C(=O)N(Cc1ccc(O)c(O)c1)C2=O)c1ccccc1. The number of imide groups is 1. The van der Waals surface area contributed by atoms with Gasteiger partial charge < -0.3 is 15.5 Å². The molecule has 29 heavy (non-hydrogen) atoms. The van der Waals surface area contributed by atoms with Gasteiger partial charge in [0.1, 0.15) is 0 Å². The number of nitrogens with one attached hydrogen (secondary N) is 1. The number of phenols is 2. The van der Waals surface area contributed by atoms with Crippen LogP contribution in [0, 0.1) is 0 Å². The highest BCUT2D eigenvalue weighted by molar-refractivity contribution is 6.22. The summed E-state index contributed by atoms with van der Waals surface area (Å²) in [6.45, 7) is -0.0497. The first-order valence-electron chi connectivity index (χ1n) is 8.81. The molecule has 0 atom stereocenters. The van der Waals surface area contributed by atoms with E-state index in [1.807, 2.05) is 0 Å². The molecule has 0 aliphatic carbocycles. The van der Waals surface area contributed by atoms with E-state index in [1.165, 1.54) is 30.3 Å². The zero-order chi connectivity index (χ0) is 20.5. The van der Waals surface area contributed by atoms with Gasteiger partial charge in [0.25, 0.3) is 17.7 Å². The Morgan fingerprint density at radius 2 is 1.55 bits per heavy atom. The number of fused-ring (bicyclic) bond motifs is 1. The highest BCUT2D eigenvalue weighted by atomic mass is 16.3. The second-order valence-corrected chi connectivity index (χ2v) is 6.60. The molecule has 7 nitrogen and oxygen atoms in total. The molecule has 0 spiro atoms. The van der Waals surface area contributed by atoms with E-state index >= 15 is 0 Å². The van der Waals surface area contributed by atoms with E-state index in [1.54, 1.807) is 36.4 Å². The summed E-state index contributed by atoms with van der Waals surface area (Å²) in [5.41, 5.74) is 1.82. The molecule has 0 aromatic heterocycles. The third kappa shape index (κ3) is 3.41. The van der Waals surface area contributed by atoms with Crippen molar-refractivity contribution in [1.82, 2.24) is 4.90 Å². The maximum absolute atomic E-state index is 12.8. The summed E-state index contributed by atoms with van der Waals surface area (Å²) in [6, 6.07) is 17.3. The van der Waals surface area contributed by atoms with Crippen LogP contribution in [0.2, 0.25) is 0 Å². The molecule has 1 aliphatic heterocycles. The predicted octanol–water partition coefficient (Wildman–Crippen LogP) is 3.15. The minimum absolute atomic E-state index is 0.0497. The first-order valence-corrected chi connectivity index (χ1v) is 8.81. The van der Waals surface area contributed by atoms with Gasteiger partial charge in [-0.15, -0.1) is 0 Å². The molecule has 3 amide bonds. The van der Waals surface area contributed by atoms with E-state index in [-0.39, 0.29) is 35.1 Å². The molecule has 144 valence electrons. The predicted molar refractivity (Wildman–Crippen MR) is 105 cm³/mol. The molecule has 0 saturated heterocycles. The van der Waals surface area contributed by atoms with Gasteiger partial charge in [-0.2, -0.15) is 0 Å². The maximum atomic E-state index is 12.8. The van der Waals surface area contributed by atoms with Crippen LogP contribution in [0.5, 0.6) is 11.5 Å². The van der Waals surface area contributed by atoms with E-state index in [9.17, 15) is 24.6 Å². The van der Waals surface area contributed by atoms with Crippen LogP contribution in [0.25, 0.3) is 0 Å². The standard InChI is InChI=1S/C22H16N2O5/c25-18-9-6-13(10-19(18)26)12-24-21(28)16-8-7-15(11-17(16)22(24)29)23-20(27)14-4-2-1-3-5-14/h1-11,25-26H,12H2,(H,23,27). The van der Waals surface area contributed by atoms with Crippen molar-refractivity contribution in [2.75, 3.05) is 5.32 Å². The molecule has 0 saturated carbocycles. The Labute approximate surface area is 165 Å². The van der Waals surface area contributed by atoms with Crippen LogP contribution in [-0.2, 0) is 6.54 Å². The number of aromatic hydroxyl groups is 2. The van der Waals surface area contributed by atoms with Crippen molar-refractivity contribution in [3.63, 3.8) is 0 Å². The Balaban J connectivity index is 1.56. The first-order chi connectivity index (χ1) is 13.9. The third-order valence-corrected chi connectivity index (χ3v) is 4.65. The highest BCUT2D eigenvalue weighted by Crippen LogP contribution is 2.30. The average Bonchev–Trinajstić information content (AvgIpc) is 2.96. The Bertz CT molecular complexity index is 1140. The van der Waals surface area contributed by atoms with Crippen LogP contribution in [-0.4, -0.2) is 32.8 Å². The molecule has 3 aromatic rings. The fourth-order valence-corrected chi connectivity index (χ4v) is 3.15. The average molecular weight is 388 g/mol. The Morgan fingerprint density at radius 1 is 0.828 bits per heavy atom. The quantitative estimate of drug-likeness (QED) is 0.470. The number of carbonyl (C=O) groups is 3. The van der Waals surface area contributed by atoms with Gasteiger partial charge in [-0.3, -0.25) is 19.3 Å². The molecule has 0 fully saturated rings. The molecule has 3 N–H and O–H groups in total. The number of hydrogen-bond acceptors (Lipinski definition) is 5. The summed E-state index contributed by atoms with van der Waals surface area (Å²) in [4.78, 5) is 38.7. The fraction of sp³-hybridized carbons (Fsp3) is 0.0455. The summed E-state index contributed by atoms with van der Waals surface area (Å²) < 4.78 is 0. The van der Waals surface area contributed by atoms with E-state index in [0.717, 1.165) is 4.90 Å². The van der Waals surface area contributed by atoms with Crippen LogP contribution in [0.3, 0.4) is 0 Å². The van der Waals surface area contributed by atoms with Crippen molar-refractivity contribution >= 4 is 23.4 Å². The lowest BCUT2D eigenvalue weighted by Gasteiger charge is -2.14. The molecular formula is C22H16N2O5. The fourth-order valence-electron chi connectivity index (χ4n) is 3.15. The number of rotatable bonds is 4. The van der Waals surface area contributed by atoms with E-state index in [4.69, 9.17) is 0 Å². The smallest absolute Gasteiger partial charge is 0.261 e. The second-order valence-electron chi connectivity index (χ2n) is 6.60. The van der Waals surface area contributed by atoms with Crippen molar-refractivity contribution in [3.8, 4) is 11.5 Å². The van der Waals surface area contributed by atoms with Crippen molar-refractivity contribution in [2.45, 2.75) is 6.54 Å². The lowest BCUT2D eigenvalue weighted by Crippen LogP contribution is -2.29. The molecule has 0 radical (unpaired) electrons. The summed E-state index contributed by atoms with van der Waals surface area (Å²) in [6.07, 6.45) is 0. The molecule has 1 aliphatic rings. The minimum atomic E-state index is -0.492. The van der Waals surface area contributed by atoms with Gasteiger partial charge in [-0.1, -0.05) is 24.3 Å². The zero-order valence-electron chi connectivity index (χ0n) is 15.1. The van der Waals surface area contributed by atoms with E-state index < -0.39 is 11.8 Å². The van der Waals surface area contributed by atoms with E-state index in [0.29, 0.717) is 16.8 Å². The summed E-state index contributed by atoms with van der Waals surface area (Å²) in [5, 5.41) is 21.7. The number of nitrogens with zero attached hydrogens (tertiary/aromatic N) is 1.